The van der Waals surface area contributed by atoms with E-state index in [-0.39, 0.29) is 41.9 Å². The van der Waals surface area contributed by atoms with E-state index in [1.165, 1.54) is 61.6 Å². The predicted octanol–water partition coefficient (Wildman–Crippen LogP) is 5.57. The topological polar surface area (TPSA) is 116 Å². The zero-order valence-corrected chi connectivity index (χ0v) is 26.9. The van der Waals surface area contributed by atoms with Crippen LogP contribution in [0.5, 0.6) is 0 Å². The SMILES string of the molecule is CN(C(=O)[C@H]1[C@H]2CC(F)(F)CN2C2(C(=O)Nc3c(Cl)cc(Cl)cc32)[C@H]1C(=O)NS(=O)(=O)c1ccccc1)c1cc(Cl)cc(Cl)c1. The van der Waals surface area contributed by atoms with Crippen molar-refractivity contribution in [2.75, 3.05) is 23.8 Å². The number of amides is 3. The van der Waals surface area contributed by atoms with E-state index in [0.717, 1.165) is 9.80 Å². The number of hydrogen-bond acceptors (Lipinski definition) is 6. The molecule has 236 valence electrons. The van der Waals surface area contributed by atoms with Crippen LogP contribution < -0.4 is 14.9 Å². The Morgan fingerprint density at radius 2 is 1.62 bits per heavy atom. The maximum Gasteiger partial charge on any atom is 0.264 e. The number of halogens is 6. The number of hydrogen-bond donors (Lipinski definition) is 2. The van der Waals surface area contributed by atoms with Crippen molar-refractivity contribution in [3.8, 4) is 0 Å². The Bertz CT molecular complexity index is 1860. The van der Waals surface area contributed by atoms with Crippen LogP contribution in [0.2, 0.25) is 20.1 Å². The van der Waals surface area contributed by atoms with Crippen LogP contribution in [0.3, 0.4) is 0 Å². The quantitative estimate of drug-likeness (QED) is 0.357. The van der Waals surface area contributed by atoms with Gasteiger partial charge in [-0.05, 0) is 42.5 Å². The van der Waals surface area contributed by atoms with Crippen molar-refractivity contribution < 1.29 is 31.6 Å². The molecule has 2 N–H and O–H groups in total. The van der Waals surface area contributed by atoms with E-state index in [1.54, 1.807) is 6.07 Å². The Hall–Kier alpha value is -3.00. The van der Waals surface area contributed by atoms with Gasteiger partial charge in [-0.15, -0.1) is 0 Å². The third kappa shape index (κ3) is 5.15. The molecule has 9 nitrogen and oxygen atoms in total. The average Bonchev–Trinajstić information content (AvgIpc) is 3.53. The van der Waals surface area contributed by atoms with Crippen molar-refractivity contribution in [3.05, 3.63) is 86.3 Å². The van der Waals surface area contributed by atoms with Crippen molar-refractivity contribution in [2.24, 2.45) is 11.8 Å². The largest absolute Gasteiger partial charge is 0.323 e. The summed E-state index contributed by atoms with van der Waals surface area (Å²) in [5.74, 6) is -9.95. The summed E-state index contributed by atoms with van der Waals surface area (Å²) in [6, 6.07) is 12.4. The van der Waals surface area contributed by atoms with Gasteiger partial charge in [0.2, 0.25) is 11.8 Å². The molecule has 0 saturated carbocycles. The van der Waals surface area contributed by atoms with Crippen molar-refractivity contribution in [1.82, 2.24) is 9.62 Å². The Labute approximate surface area is 276 Å². The van der Waals surface area contributed by atoms with Crippen LogP contribution in [0, 0.1) is 11.8 Å². The number of nitrogens with one attached hydrogen (secondary N) is 2. The fraction of sp³-hybridized carbons (Fsp3) is 0.276. The second-order valence-corrected chi connectivity index (χ2v) is 14.5. The number of carbonyl (C=O) groups is 3. The van der Waals surface area contributed by atoms with E-state index in [2.05, 4.69) is 5.32 Å². The van der Waals surface area contributed by atoms with Crippen LogP contribution in [-0.4, -0.2) is 56.6 Å². The molecule has 0 radical (unpaired) electrons. The van der Waals surface area contributed by atoms with Crippen molar-refractivity contribution in [2.45, 2.75) is 28.8 Å². The lowest BCUT2D eigenvalue weighted by Crippen LogP contribution is -2.57. The molecule has 4 atom stereocenters. The molecule has 3 aromatic carbocycles. The fourth-order valence-electron chi connectivity index (χ4n) is 6.74. The number of anilines is 2. The van der Waals surface area contributed by atoms with E-state index < -0.39 is 70.0 Å². The Morgan fingerprint density at radius 1 is 1.00 bits per heavy atom. The summed E-state index contributed by atoms with van der Waals surface area (Å²) in [4.78, 5) is 44.8. The summed E-state index contributed by atoms with van der Waals surface area (Å²) in [6.07, 6.45) is -0.901. The highest BCUT2D eigenvalue weighted by Crippen LogP contribution is 2.61. The van der Waals surface area contributed by atoms with Gasteiger partial charge in [0.15, 0.2) is 0 Å². The lowest BCUT2D eigenvalue weighted by molar-refractivity contribution is -0.140. The molecule has 6 rings (SSSR count). The van der Waals surface area contributed by atoms with Gasteiger partial charge in [0.05, 0.1) is 34.0 Å². The lowest BCUT2D eigenvalue weighted by Gasteiger charge is -2.37. The molecule has 2 fully saturated rings. The Balaban J connectivity index is 1.57. The van der Waals surface area contributed by atoms with Crippen LogP contribution in [0.1, 0.15) is 12.0 Å². The minimum Gasteiger partial charge on any atom is -0.323 e. The number of alkyl halides is 2. The van der Waals surface area contributed by atoms with Crippen molar-refractivity contribution in [1.29, 1.82) is 0 Å². The first-order valence-electron chi connectivity index (χ1n) is 13.4. The number of nitrogens with zero attached hydrogens (tertiary/aromatic N) is 2. The molecule has 3 aromatic rings. The third-order valence-electron chi connectivity index (χ3n) is 8.46. The summed E-state index contributed by atoms with van der Waals surface area (Å²) in [5.41, 5.74) is -2.15. The van der Waals surface area contributed by atoms with Gasteiger partial charge in [0, 0.05) is 45.8 Å². The number of benzene rings is 3. The second-order valence-electron chi connectivity index (χ2n) is 11.1. The first-order chi connectivity index (χ1) is 21.1. The number of rotatable bonds is 5. The molecule has 16 heteroatoms. The maximum absolute atomic E-state index is 15.3. The lowest BCUT2D eigenvalue weighted by atomic mass is 9.73. The predicted molar refractivity (Wildman–Crippen MR) is 165 cm³/mol. The number of sulfonamides is 1. The maximum atomic E-state index is 15.3. The van der Waals surface area contributed by atoms with E-state index in [4.69, 9.17) is 46.4 Å². The summed E-state index contributed by atoms with van der Waals surface area (Å²) in [6.45, 7) is -1.01. The Morgan fingerprint density at radius 3 is 2.27 bits per heavy atom. The van der Waals surface area contributed by atoms with E-state index >= 15 is 8.78 Å². The van der Waals surface area contributed by atoms with Crippen molar-refractivity contribution >= 4 is 85.5 Å². The van der Waals surface area contributed by atoms with Crippen LogP contribution in [0.4, 0.5) is 20.2 Å². The normalized spacial score (nSPS) is 25.1. The standard InChI is InChI=1S/C29H22Cl4F2N4O5S/c1-38(17-8-14(30)7-15(31)9-17)26(41)22-21-12-28(34,35)13-39(21)29(19-10-16(32)11-20(33)24(19)36-27(29)42)23(22)25(40)37-45(43,44)18-5-3-2-4-6-18/h2-11,21-23H,12-13H2,1H3,(H,36,42)(H,37,40)/t21-,22+,23-,29?/m1/s1. The highest BCUT2D eigenvalue weighted by molar-refractivity contribution is 7.90. The molecule has 3 amide bonds. The summed E-state index contributed by atoms with van der Waals surface area (Å²) < 4.78 is 59.3. The molecule has 3 heterocycles. The first kappa shape index (κ1) is 32.0. The van der Waals surface area contributed by atoms with Gasteiger partial charge in [-0.3, -0.25) is 19.3 Å². The molecular formula is C29H22Cl4F2N4O5S. The van der Waals surface area contributed by atoms with Gasteiger partial charge in [-0.2, -0.15) is 0 Å². The van der Waals surface area contributed by atoms with Crippen molar-refractivity contribution in [3.63, 3.8) is 0 Å². The molecule has 3 aliphatic rings. The summed E-state index contributed by atoms with van der Waals surface area (Å²) >= 11 is 25.1. The second kappa shape index (κ2) is 11.1. The van der Waals surface area contributed by atoms with E-state index in [9.17, 15) is 22.8 Å². The molecular weight excluding hydrogens is 696 g/mol. The van der Waals surface area contributed by atoms with Crippen LogP contribution in [-0.2, 0) is 29.9 Å². The molecule has 3 aliphatic heterocycles. The van der Waals surface area contributed by atoms with Gasteiger partial charge >= 0.3 is 0 Å². The molecule has 0 aliphatic carbocycles. The van der Waals surface area contributed by atoms with Crippen LogP contribution >= 0.6 is 46.4 Å². The number of carbonyl (C=O) groups excluding carboxylic acids is 3. The molecule has 1 spiro atoms. The van der Waals surface area contributed by atoms with Gasteiger partial charge in [0.25, 0.3) is 21.9 Å². The van der Waals surface area contributed by atoms with Crippen LogP contribution in [0.25, 0.3) is 0 Å². The molecule has 1 unspecified atom stereocenters. The first-order valence-corrected chi connectivity index (χ1v) is 16.4. The fourth-order valence-corrected chi connectivity index (χ4v) is 8.82. The zero-order chi connectivity index (χ0) is 32.6. The molecule has 0 bridgehead atoms. The Kier molecular flexibility index (Phi) is 7.86. The van der Waals surface area contributed by atoms with Gasteiger partial charge in [-0.1, -0.05) is 64.6 Å². The molecule has 2 saturated heterocycles. The molecule has 45 heavy (non-hydrogen) atoms. The van der Waals surface area contributed by atoms with E-state index in [0.29, 0.717) is 0 Å². The summed E-state index contributed by atoms with van der Waals surface area (Å²) in [7, 11) is -3.21. The van der Waals surface area contributed by atoms with Gasteiger partial charge < -0.3 is 10.2 Å². The zero-order valence-electron chi connectivity index (χ0n) is 23.0. The smallest absolute Gasteiger partial charge is 0.264 e. The molecule has 0 aromatic heterocycles. The number of fused-ring (bicyclic) bond motifs is 4. The minimum atomic E-state index is -4.54. The average molecular weight is 718 g/mol. The van der Waals surface area contributed by atoms with Gasteiger partial charge in [-0.25, -0.2) is 21.9 Å². The third-order valence-corrected chi connectivity index (χ3v) is 10.8. The highest BCUT2D eigenvalue weighted by Gasteiger charge is 2.74. The highest BCUT2D eigenvalue weighted by atomic mass is 35.5. The van der Waals surface area contributed by atoms with Crippen LogP contribution in [0.15, 0.2) is 65.6 Å². The minimum absolute atomic E-state index is 0.00632. The summed E-state index contributed by atoms with van der Waals surface area (Å²) in [5, 5.41) is 2.90. The van der Waals surface area contributed by atoms with Gasteiger partial charge in [0.1, 0.15) is 5.54 Å². The monoisotopic (exact) mass is 716 g/mol. The van der Waals surface area contributed by atoms with E-state index in [1.807, 2.05) is 4.72 Å².